The quantitative estimate of drug-likeness (QED) is 0.776. The van der Waals surface area contributed by atoms with Gasteiger partial charge < -0.3 is 4.90 Å². The summed E-state index contributed by atoms with van der Waals surface area (Å²) in [7, 11) is 0. The van der Waals surface area contributed by atoms with E-state index in [0.29, 0.717) is 25.1 Å². The number of carbonyl (C=O) groups excluding carboxylic acids is 1. The number of likely N-dealkylation sites (tertiary alicyclic amines) is 2. The van der Waals surface area contributed by atoms with Gasteiger partial charge in [-0.1, -0.05) is 48.0 Å². The number of benzene rings is 2. The van der Waals surface area contributed by atoms with Gasteiger partial charge in [0, 0.05) is 38.1 Å². The molecular weight excluding hydrogens is 365 g/mol. The third kappa shape index (κ3) is 3.78. The van der Waals surface area contributed by atoms with Crippen LogP contribution in [0.5, 0.6) is 0 Å². The van der Waals surface area contributed by atoms with Gasteiger partial charge in [0.1, 0.15) is 0 Å². The average Bonchev–Trinajstić information content (AvgIpc) is 3.16. The molecule has 0 N–H and O–H groups in total. The number of nitrogens with zero attached hydrogens (tertiary/aromatic N) is 2. The van der Waals surface area contributed by atoms with E-state index >= 15 is 0 Å². The number of carbonyl (C=O) groups is 1. The van der Waals surface area contributed by atoms with Crippen molar-refractivity contribution in [3.63, 3.8) is 0 Å². The van der Waals surface area contributed by atoms with Gasteiger partial charge in [-0.3, -0.25) is 9.69 Å². The zero-order valence-corrected chi connectivity index (χ0v) is 15.7. The minimum absolute atomic E-state index is 0.0764. The van der Waals surface area contributed by atoms with Crippen molar-refractivity contribution in [1.82, 2.24) is 9.80 Å². The molecule has 28 heavy (non-hydrogen) atoms. The highest BCUT2D eigenvalue weighted by Crippen LogP contribution is 2.35. The first-order chi connectivity index (χ1) is 13.3. The van der Waals surface area contributed by atoms with Crippen molar-refractivity contribution < 1.29 is 18.0 Å². The number of halogens is 3. The molecule has 2 aromatic carbocycles. The van der Waals surface area contributed by atoms with Crippen LogP contribution in [0.4, 0.5) is 13.2 Å². The van der Waals surface area contributed by atoms with Crippen molar-refractivity contribution in [2.45, 2.75) is 51.1 Å². The van der Waals surface area contributed by atoms with Crippen LogP contribution in [0.15, 0.2) is 48.5 Å². The summed E-state index contributed by atoms with van der Waals surface area (Å²) in [5.41, 5.74) is 2.31. The van der Waals surface area contributed by atoms with Crippen LogP contribution in [0.1, 0.15) is 35.1 Å². The van der Waals surface area contributed by atoms with Crippen molar-refractivity contribution in [3.8, 4) is 0 Å². The number of rotatable bonds is 4. The first-order valence-electron chi connectivity index (χ1n) is 9.56. The summed E-state index contributed by atoms with van der Waals surface area (Å²) in [6, 6.07) is 13.9. The maximum absolute atomic E-state index is 13.0. The van der Waals surface area contributed by atoms with Crippen molar-refractivity contribution in [2.75, 3.05) is 6.54 Å². The zero-order valence-electron chi connectivity index (χ0n) is 15.7. The van der Waals surface area contributed by atoms with Gasteiger partial charge in [0.15, 0.2) is 0 Å². The van der Waals surface area contributed by atoms with Crippen LogP contribution in [0.25, 0.3) is 0 Å². The van der Waals surface area contributed by atoms with Crippen molar-refractivity contribution >= 4 is 5.91 Å². The van der Waals surface area contributed by atoms with Crippen molar-refractivity contribution in [1.29, 1.82) is 0 Å². The van der Waals surface area contributed by atoms with Gasteiger partial charge in [0.25, 0.3) is 0 Å². The highest BCUT2D eigenvalue weighted by Gasteiger charge is 2.46. The lowest BCUT2D eigenvalue weighted by atomic mass is 10.1. The highest BCUT2D eigenvalue weighted by atomic mass is 19.4. The monoisotopic (exact) mass is 388 g/mol. The van der Waals surface area contributed by atoms with E-state index in [2.05, 4.69) is 4.90 Å². The molecule has 2 aliphatic heterocycles. The van der Waals surface area contributed by atoms with E-state index in [1.807, 2.05) is 36.1 Å². The van der Waals surface area contributed by atoms with Gasteiger partial charge in [-0.15, -0.1) is 0 Å². The minimum atomic E-state index is -4.34. The Morgan fingerprint density at radius 3 is 2.46 bits per heavy atom. The topological polar surface area (TPSA) is 23.6 Å². The number of fused-ring (bicyclic) bond motifs is 1. The van der Waals surface area contributed by atoms with E-state index < -0.39 is 11.7 Å². The number of amides is 1. The highest BCUT2D eigenvalue weighted by molar-refractivity contribution is 5.80. The minimum Gasteiger partial charge on any atom is -0.334 e. The molecule has 0 aromatic heterocycles. The second-order valence-corrected chi connectivity index (χ2v) is 7.80. The molecule has 6 heteroatoms. The molecule has 2 atom stereocenters. The Balaban J connectivity index is 1.46. The van der Waals surface area contributed by atoms with E-state index in [-0.39, 0.29) is 18.0 Å². The molecule has 2 aliphatic rings. The number of hydrogen-bond acceptors (Lipinski definition) is 2. The summed E-state index contributed by atoms with van der Waals surface area (Å²) in [6.45, 7) is 3.86. The predicted octanol–water partition coefficient (Wildman–Crippen LogP) is 4.39. The van der Waals surface area contributed by atoms with E-state index in [1.54, 1.807) is 6.07 Å². The molecule has 2 heterocycles. The van der Waals surface area contributed by atoms with Crippen molar-refractivity contribution in [2.24, 2.45) is 0 Å². The predicted molar refractivity (Wildman–Crippen MR) is 100 cm³/mol. The van der Waals surface area contributed by atoms with E-state index in [1.165, 1.54) is 17.7 Å². The summed E-state index contributed by atoms with van der Waals surface area (Å²) in [6.07, 6.45) is -3.03. The largest absolute Gasteiger partial charge is 0.416 e. The second kappa shape index (κ2) is 7.24. The first-order valence-corrected chi connectivity index (χ1v) is 9.56. The standard InChI is InChI=1S/C22H23F3N2O/c1-15-5-7-16(8-6-15)14-27-19-9-10-26(20(19)12-21(27)28)13-17-3-2-4-18(11-17)22(23,24)25/h2-8,11,19-20H,9-10,12-14H2,1H3/t19-,20-/m0/s1. The Morgan fingerprint density at radius 1 is 1.00 bits per heavy atom. The summed E-state index contributed by atoms with van der Waals surface area (Å²) in [4.78, 5) is 16.7. The fourth-order valence-electron chi connectivity index (χ4n) is 4.38. The van der Waals surface area contributed by atoms with Crippen LogP contribution < -0.4 is 0 Å². The number of hydrogen-bond donors (Lipinski definition) is 0. The first kappa shape index (κ1) is 19.0. The molecule has 3 nitrogen and oxygen atoms in total. The maximum Gasteiger partial charge on any atom is 0.416 e. The molecule has 2 aromatic rings. The lowest BCUT2D eigenvalue weighted by molar-refractivity contribution is -0.137. The molecule has 0 unspecified atom stereocenters. The molecule has 2 saturated heterocycles. The summed E-state index contributed by atoms with van der Waals surface area (Å²) in [5, 5.41) is 0. The Bertz CT molecular complexity index is 863. The molecule has 0 spiro atoms. The molecule has 0 aliphatic carbocycles. The van der Waals surface area contributed by atoms with E-state index in [9.17, 15) is 18.0 Å². The normalized spacial score (nSPS) is 22.7. The number of aryl methyl sites for hydroxylation is 1. The molecule has 148 valence electrons. The van der Waals surface area contributed by atoms with E-state index in [0.717, 1.165) is 24.6 Å². The van der Waals surface area contributed by atoms with Crippen LogP contribution in [-0.4, -0.2) is 34.3 Å². The molecular formula is C22H23F3N2O. The average molecular weight is 388 g/mol. The third-order valence-electron chi connectivity index (χ3n) is 5.84. The third-order valence-corrected chi connectivity index (χ3v) is 5.84. The van der Waals surface area contributed by atoms with Crippen LogP contribution in [0, 0.1) is 6.92 Å². The van der Waals surface area contributed by atoms with Gasteiger partial charge in [0.05, 0.1) is 5.56 Å². The lowest BCUT2D eigenvalue weighted by Crippen LogP contribution is -2.36. The zero-order chi connectivity index (χ0) is 19.9. The van der Waals surface area contributed by atoms with Crippen LogP contribution in [0.2, 0.25) is 0 Å². The summed E-state index contributed by atoms with van der Waals surface area (Å²) < 4.78 is 38.9. The lowest BCUT2D eigenvalue weighted by Gasteiger charge is -2.26. The maximum atomic E-state index is 13.0. The van der Waals surface area contributed by atoms with Crippen LogP contribution in [-0.2, 0) is 24.1 Å². The van der Waals surface area contributed by atoms with Crippen LogP contribution in [0.3, 0.4) is 0 Å². The van der Waals surface area contributed by atoms with Gasteiger partial charge in [-0.25, -0.2) is 0 Å². The Kier molecular flexibility index (Phi) is 4.91. The van der Waals surface area contributed by atoms with E-state index in [4.69, 9.17) is 0 Å². The Hall–Kier alpha value is -2.34. The fraction of sp³-hybridized carbons (Fsp3) is 0.409. The second-order valence-electron chi connectivity index (χ2n) is 7.80. The number of alkyl halides is 3. The molecule has 1 amide bonds. The smallest absolute Gasteiger partial charge is 0.334 e. The molecule has 2 fully saturated rings. The van der Waals surface area contributed by atoms with Crippen LogP contribution >= 0.6 is 0 Å². The Morgan fingerprint density at radius 2 is 1.75 bits per heavy atom. The summed E-state index contributed by atoms with van der Waals surface area (Å²) in [5.74, 6) is 0.129. The molecule has 0 radical (unpaired) electrons. The van der Waals surface area contributed by atoms with Gasteiger partial charge in [-0.2, -0.15) is 13.2 Å². The van der Waals surface area contributed by atoms with Gasteiger partial charge in [-0.05, 0) is 30.5 Å². The Labute approximate surface area is 162 Å². The van der Waals surface area contributed by atoms with Crippen molar-refractivity contribution in [3.05, 3.63) is 70.8 Å². The van der Waals surface area contributed by atoms with Gasteiger partial charge in [0.2, 0.25) is 5.91 Å². The fourth-order valence-corrected chi connectivity index (χ4v) is 4.38. The SMILES string of the molecule is Cc1ccc(CN2C(=O)C[C@H]3[C@@H]2CCN3Cc2cccc(C(F)(F)F)c2)cc1. The molecule has 0 saturated carbocycles. The molecule has 0 bridgehead atoms. The molecule has 4 rings (SSSR count). The van der Waals surface area contributed by atoms with Gasteiger partial charge >= 0.3 is 6.18 Å². The summed E-state index contributed by atoms with van der Waals surface area (Å²) >= 11 is 0.